The van der Waals surface area contributed by atoms with Gasteiger partial charge in [0.25, 0.3) is 5.91 Å². The molecular formula is C22H18FN5OS. The van der Waals surface area contributed by atoms with Crippen molar-refractivity contribution < 1.29 is 9.18 Å². The number of carbonyl (C=O) groups is 1. The molecule has 1 aromatic carbocycles. The summed E-state index contributed by atoms with van der Waals surface area (Å²) >= 11 is 1.55. The summed E-state index contributed by atoms with van der Waals surface area (Å²) in [5.41, 5.74) is 6.42. The molecule has 0 unspecified atom stereocenters. The van der Waals surface area contributed by atoms with Crippen LogP contribution in [-0.4, -0.2) is 16.7 Å². The zero-order valence-electron chi connectivity index (χ0n) is 16.9. The van der Waals surface area contributed by atoms with E-state index in [1.165, 1.54) is 18.3 Å². The van der Waals surface area contributed by atoms with Crippen molar-refractivity contribution in [3.05, 3.63) is 74.2 Å². The third-order valence-electron chi connectivity index (χ3n) is 4.86. The Morgan fingerprint density at radius 3 is 2.57 bits per heavy atom. The molecule has 3 aromatic rings. The second kappa shape index (κ2) is 8.32. The van der Waals surface area contributed by atoms with Gasteiger partial charge in [0.2, 0.25) is 0 Å². The van der Waals surface area contributed by atoms with Crippen molar-refractivity contribution in [2.24, 2.45) is 5.10 Å². The second-order valence-electron chi connectivity index (χ2n) is 6.74. The van der Waals surface area contributed by atoms with E-state index in [2.05, 4.69) is 16.6 Å². The lowest BCUT2D eigenvalue weighted by molar-refractivity contribution is 0.0951. The van der Waals surface area contributed by atoms with Gasteiger partial charge in [-0.3, -0.25) is 4.79 Å². The Morgan fingerprint density at radius 1 is 1.20 bits per heavy atom. The highest BCUT2D eigenvalue weighted by Gasteiger charge is 2.18. The summed E-state index contributed by atoms with van der Waals surface area (Å²) in [4.78, 5) is 13.3. The van der Waals surface area contributed by atoms with Gasteiger partial charge in [-0.15, -0.1) is 11.3 Å². The molecule has 0 spiro atoms. The highest BCUT2D eigenvalue weighted by Crippen LogP contribution is 2.33. The first-order chi connectivity index (χ1) is 14.3. The topological polar surface area (TPSA) is 94.0 Å². The van der Waals surface area contributed by atoms with Crippen LogP contribution in [0.4, 0.5) is 4.39 Å². The van der Waals surface area contributed by atoms with E-state index in [1.54, 1.807) is 11.3 Å². The van der Waals surface area contributed by atoms with Gasteiger partial charge in [-0.25, -0.2) is 9.82 Å². The van der Waals surface area contributed by atoms with E-state index in [4.69, 9.17) is 5.26 Å². The first-order valence-electron chi connectivity index (χ1n) is 9.01. The minimum atomic E-state index is -0.785. The zero-order chi connectivity index (χ0) is 22.0. The van der Waals surface area contributed by atoms with E-state index >= 15 is 0 Å². The maximum absolute atomic E-state index is 14.0. The summed E-state index contributed by atoms with van der Waals surface area (Å²) in [6.45, 7) is 7.75. The Morgan fingerprint density at radius 2 is 1.93 bits per heavy atom. The van der Waals surface area contributed by atoms with E-state index in [9.17, 15) is 14.4 Å². The summed E-state index contributed by atoms with van der Waals surface area (Å²) in [6, 6.07) is 9.62. The van der Waals surface area contributed by atoms with Crippen molar-refractivity contribution in [3.63, 3.8) is 0 Å². The van der Waals surface area contributed by atoms with Gasteiger partial charge in [0.15, 0.2) is 0 Å². The summed E-state index contributed by atoms with van der Waals surface area (Å²) in [7, 11) is 0. The van der Waals surface area contributed by atoms with Crippen LogP contribution in [0.1, 0.15) is 48.9 Å². The fourth-order valence-corrected chi connectivity index (χ4v) is 4.34. The largest absolute Gasteiger partial charge is 0.308 e. The van der Waals surface area contributed by atoms with Crippen LogP contribution in [-0.2, 0) is 0 Å². The van der Waals surface area contributed by atoms with Crippen molar-refractivity contribution in [1.82, 2.24) is 9.99 Å². The van der Waals surface area contributed by atoms with Crippen LogP contribution in [0.25, 0.3) is 5.00 Å². The second-order valence-corrected chi connectivity index (χ2v) is 7.95. The molecule has 8 heteroatoms. The van der Waals surface area contributed by atoms with E-state index in [0.717, 1.165) is 38.5 Å². The Kier molecular flexibility index (Phi) is 5.81. The molecule has 0 aliphatic rings. The average molecular weight is 419 g/mol. The van der Waals surface area contributed by atoms with Gasteiger partial charge >= 0.3 is 0 Å². The predicted molar refractivity (Wildman–Crippen MR) is 113 cm³/mol. The number of nitrogens with one attached hydrogen (secondary N) is 1. The van der Waals surface area contributed by atoms with Crippen molar-refractivity contribution in [3.8, 4) is 17.1 Å². The number of benzene rings is 1. The number of hydrazone groups is 1. The molecule has 0 saturated carbocycles. The minimum absolute atomic E-state index is 0.135. The van der Waals surface area contributed by atoms with Gasteiger partial charge in [-0.1, -0.05) is 0 Å². The molecule has 0 bridgehead atoms. The van der Waals surface area contributed by atoms with Crippen molar-refractivity contribution >= 4 is 23.5 Å². The summed E-state index contributed by atoms with van der Waals surface area (Å²) in [5.74, 6) is -1.49. The predicted octanol–water partition coefficient (Wildman–Crippen LogP) is 4.42. The van der Waals surface area contributed by atoms with Crippen LogP contribution in [0.2, 0.25) is 0 Å². The minimum Gasteiger partial charge on any atom is -0.308 e. The maximum Gasteiger partial charge on any atom is 0.274 e. The number of aromatic nitrogens is 1. The van der Waals surface area contributed by atoms with Crippen LogP contribution < -0.4 is 5.43 Å². The molecule has 3 rings (SSSR count). The monoisotopic (exact) mass is 419 g/mol. The van der Waals surface area contributed by atoms with Gasteiger partial charge in [0.1, 0.15) is 16.9 Å². The molecule has 0 aliphatic heterocycles. The summed E-state index contributed by atoms with van der Waals surface area (Å²) < 4.78 is 16.0. The quantitative estimate of drug-likeness (QED) is 0.501. The molecule has 150 valence electrons. The van der Waals surface area contributed by atoms with E-state index < -0.39 is 11.7 Å². The van der Waals surface area contributed by atoms with E-state index in [0.29, 0.717) is 5.56 Å². The van der Waals surface area contributed by atoms with Crippen molar-refractivity contribution in [2.75, 3.05) is 0 Å². The molecular weight excluding hydrogens is 401 g/mol. The molecule has 0 fully saturated rings. The lowest BCUT2D eigenvalue weighted by atomic mass is 10.1. The molecule has 0 aliphatic carbocycles. The molecule has 1 N–H and O–H groups in total. The van der Waals surface area contributed by atoms with Crippen molar-refractivity contribution in [2.45, 2.75) is 27.7 Å². The van der Waals surface area contributed by atoms with E-state index in [-0.39, 0.29) is 11.1 Å². The van der Waals surface area contributed by atoms with Gasteiger partial charge in [-0.2, -0.15) is 15.6 Å². The molecule has 2 aromatic heterocycles. The number of aryl methyl sites for hydroxylation is 2. The SMILES string of the molecule is Cc1sc(-n2c(C)cc(/C=N/NC(=O)c3ccc(C#N)cc3F)c2C)c(C#N)c1C. The normalized spacial score (nSPS) is 10.8. The fraction of sp³-hybridized carbons (Fsp3) is 0.182. The number of amides is 1. The fourth-order valence-electron chi connectivity index (χ4n) is 3.12. The number of carbonyl (C=O) groups excluding carboxylic acids is 1. The molecule has 0 radical (unpaired) electrons. The van der Waals surface area contributed by atoms with E-state index in [1.807, 2.05) is 44.4 Å². The highest BCUT2D eigenvalue weighted by molar-refractivity contribution is 7.14. The Bertz CT molecular complexity index is 1270. The Balaban J connectivity index is 1.86. The van der Waals surface area contributed by atoms with Gasteiger partial charge < -0.3 is 4.57 Å². The first kappa shape index (κ1) is 21.0. The smallest absolute Gasteiger partial charge is 0.274 e. The number of nitrogens with zero attached hydrogens (tertiary/aromatic N) is 4. The number of nitriles is 2. The number of thiophene rings is 1. The van der Waals surface area contributed by atoms with Crippen LogP contribution in [0.5, 0.6) is 0 Å². The Hall–Kier alpha value is -3.75. The molecule has 2 heterocycles. The van der Waals surface area contributed by atoms with Gasteiger partial charge in [0, 0.05) is 21.8 Å². The van der Waals surface area contributed by atoms with Crippen LogP contribution in [0, 0.1) is 56.2 Å². The van der Waals surface area contributed by atoms with Crippen LogP contribution in [0.15, 0.2) is 29.4 Å². The lowest BCUT2D eigenvalue weighted by Gasteiger charge is -2.07. The number of halogens is 1. The average Bonchev–Trinajstić information content (AvgIpc) is 3.15. The molecule has 1 amide bonds. The summed E-state index contributed by atoms with van der Waals surface area (Å²) in [5, 5.41) is 23.1. The lowest BCUT2D eigenvalue weighted by Crippen LogP contribution is -2.19. The summed E-state index contributed by atoms with van der Waals surface area (Å²) in [6.07, 6.45) is 1.48. The molecule has 6 nitrogen and oxygen atoms in total. The third-order valence-corrected chi connectivity index (χ3v) is 6.06. The number of hydrogen-bond donors (Lipinski definition) is 1. The van der Waals surface area contributed by atoms with Crippen LogP contribution >= 0.6 is 11.3 Å². The zero-order valence-corrected chi connectivity index (χ0v) is 17.7. The molecule has 30 heavy (non-hydrogen) atoms. The number of hydrogen-bond acceptors (Lipinski definition) is 5. The maximum atomic E-state index is 14.0. The highest BCUT2D eigenvalue weighted by atomic mass is 32.1. The van der Waals surface area contributed by atoms with Crippen molar-refractivity contribution in [1.29, 1.82) is 10.5 Å². The molecule has 0 atom stereocenters. The van der Waals surface area contributed by atoms with Gasteiger partial charge in [0.05, 0.1) is 29.0 Å². The Labute approximate surface area is 177 Å². The number of rotatable bonds is 4. The van der Waals surface area contributed by atoms with Gasteiger partial charge in [-0.05, 0) is 57.5 Å². The molecule has 0 saturated heterocycles. The van der Waals surface area contributed by atoms with Crippen LogP contribution in [0.3, 0.4) is 0 Å². The standard InChI is InChI=1S/C22H18FN5OS/c1-12-7-17(14(3)28(12)22-19(10-25)13(2)15(4)30-22)11-26-27-21(29)18-6-5-16(9-24)8-20(18)23/h5-8,11H,1-4H3,(H,27,29)/b26-11+. The first-order valence-corrected chi connectivity index (χ1v) is 9.82. The third kappa shape index (κ3) is 3.73.